The Morgan fingerprint density at radius 2 is 2.25 bits per heavy atom. The van der Waals surface area contributed by atoms with Gasteiger partial charge in [-0.2, -0.15) is 0 Å². The van der Waals surface area contributed by atoms with Gasteiger partial charge in [0.2, 0.25) is 0 Å². The molecule has 0 unspecified atom stereocenters. The van der Waals surface area contributed by atoms with Gasteiger partial charge in [-0.15, -0.1) is 0 Å². The molecule has 0 bridgehead atoms. The molecule has 1 aromatic heterocycles. The van der Waals surface area contributed by atoms with Crippen molar-refractivity contribution in [1.29, 1.82) is 0 Å². The summed E-state index contributed by atoms with van der Waals surface area (Å²) in [6.45, 7) is 5.40. The summed E-state index contributed by atoms with van der Waals surface area (Å²) >= 11 is 0. The first-order valence-electron chi connectivity index (χ1n) is 6.60. The van der Waals surface area contributed by atoms with Crippen molar-refractivity contribution >= 4 is 11.4 Å². The topological polar surface area (TPSA) is 73.0 Å². The third-order valence-corrected chi connectivity index (χ3v) is 3.11. The molecule has 0 radical (unpaired) electrons. The predicted molar refractivity (Wildman–Crippen MR) is 77.7 cm³/mol. The van der Waals surface area contributed by atoms with Crippen LogP contribution in [0.25, 0.3) is 0 Å². The van der Waals surface area contributed by atoms with Crippen molar-refractivity contribution in [2.75, 3.05) is 5.32 Å². The molecule has 2 aromatic rings. The maximum Gasteiger partial charge on any atom is 0.272 e. The van der Waals surface area contributed by atoms with Gasteiger partial charge in [0.25, 0.3) is 5.69 Å². The highest BCUT2D eigenvalue weighted by atomic mass is 16.6. The van der Waals surface area contributed by atoms with E-state index in [1.54, 1.807) is 25.3 Å². The number of aromatic nitrogens is 2. The summed E-state index contributed by atoms with van der Waals surface area (Å²) in [5, 5.41) is 14.0. The molecule has 1 heterocycles. The summed E-state index contributed by atoms with van der Waals surface area (Å²) in [5.74, 6) is 0.961. The van der Waals surface area contributed by atoms with E-state index in [1.165, 1.54) is 6.07 Å². The fourth-order valence-electron chi connectivity index (χ4n) is 2.10. The van der Waals surface area contributed by atoms with Crippen LogP contribution in [0.2, 0.25) is 0 Å². The van der Waals surface area contributed by atoms with E-state index in [1.807, 2.05) is 6.20 Å². The monoisotopic (exact) mass is 274 g/mol. The fourth-order valence-corrected chi connectivity index (χ4v) is 2.10. The predicted octanol–water partition coefficient (Wildman–Crippen LogP) is 3.12. The molecule has 1 aromatic carbocycles. The molecule has 0 saturated carbocycles. The number of rotatable bonds is 6. The van der Waals surface area contributed by atoms with Crippen LogP contribution in [0, 0.1) is 17.0 Å². The van der Waals surface area contributed by atoms with Crippen LogP contribution in [0.1, 0.15) is 24.7 Å². The van der Waals surface area contributed by atoms with Crippen molar-refractivity contribution in [3.8, 4) is 0 Å². The van der Waals surface area contributed by atoms with Gasteiger partial charge >= 0.3 is 0 Å². The average molecular weight is 274 g/mol. The first kappa shape index (κ1) is 14.0. The van der Waals surface area contributed by atoms with E-state index in [-0.39, 0.29) is 10.6 Å². The lowest BCUT2D eigenvalue weighted by Crippen LogP contribution is -2.08. The summed E-state index contributed by atoms with van der Waals surface area (Å²) in [6.07, 6.45) is 4.80. The van der Waals surface area contributed by atoms with Crippen LogP contribution in [0.15, 0.2) is 30.6 Å². The average Bonchev–Trinajstić information content (AvgIpc) is 2.84. The Morgan fingerprint density at radius 3 is 2.90 bits per heavy atom. The molecular formula is C14H18N4O2. The van der Waals surface area contributed by atoms with Crippen molar-refractivity contribution in [2.45, 2.75) is 33.4 Å². The van der Waals surface area contributed by atoms with Gasteiger partial charge in [-0.25, -0.2) is 4.98 Å². The highest BCUT2D eigenvalue weighted by molar-refractivity contribution is 5.53. The van der Waals surface area contributed by atoms with Gasteiger partial charge in [0.05, 0.1) is 11.5 Å². The lowest BCUT2D eigenvalue weighted by Gasteiger charge is -2.09. The first-order valence-corrected chi connectivity index (χ1v) is 6.60. The molecule has 0 atom stereocenters. The molecular weight excluding hydrogens is 256 g/mol. The fraction of sp³-hybridized carbons (Fsp3) is 0.357. The van der Waals surface area contributed by atoms with Crippen LogP contribution in [-0.4, -0.2) is 14.5 Å². The van der Waals surface area contributed by atoms with E-state index in [9.17, 15) is 10.1 Å². The minimum absolute atomic E-state index is 0.142. The van der Waals surface area contributed by atoms with Gasteiger partial charge < -0.3 is 9.88 Å². The SMILES string of the molecule is CCCn1ccnc1CNc1ccc([N+](=O)[O-])c(C)c1. The quantitative estimate of drug-likeness (QED) is 0.648. The molecule has 0 aliphatic carbocycles. The zero-order valence-electron chi connectivity index (χ0n) is 11.7. The Labute approximate surface area is 117 Å². The summed E-state index contributed by atoms with van der Waals surface area (Å²) in [4.78, 5) is 14.7. The molecule has 0 saturated heterocycles. The third-order valence-electron chi connectivity index (χ3n) is 3.11. The Morgan fingerprint density at radius 1 is 1.45 bits per heavy atom. The van der Waals surface area contributed by atoms with Crippen molar-refractivity contribution < 1.29 is 4.92 Å². The smallest absolute Gasteiger partial charge is 0.272 e. The molecule has 0 amide bonds. The summed E-state index contributed by atoms with van der Waals surface area (Å²) in [6, 6.07) is 5.03. The molecule has 0 fully saturated rings. The van der Waals surface area contributed by atoms with E-state index in [0.717, 1.165) is 24.5 Å². The van der Waals surface area contributed by atoms with Crippen LogP contribution >= 0.6 is 0 Å². The Balaban J connectivity index is 2.05. The van der Waals surface area contributed by atoms with Crippen molar-refractivity contribution in [3.05, 3.63) is 52.1 Å². The van der Waals surface area contributed by atoms with Crippen LogP contribution in [0.5, 0.6) is 0 Å². The van der Waals surface area contributed by atoms with Gasteiger partial charge in [-0.3, -0.25) is 10.1 Å². The van der Waals surface area contributed by atoms with Gasteiger partial charge in [0.15, 0.2) is 0 Å². The number of nitrogens with one attached hydrogen (secondary N) is 1. The largest absolute Gasteiger partial charge is 0.378 e. The first-order chi connectivity index (χ1) is 9.61. The number of aryl methyl sites for hydroxylation is 2. The minimum Gasteiger partial charge on any atom is -0.378 e. The zero-order valence-corrected chi connectivity index (χ0v) is 11.7. The van der Waals surface area contributed by atoms with Gasteiger partial charge in [0.1, 0.15) is 5.82 Å². The summed E-state index contributed by atoms with van der Waals surface area (Å²) in [5.41, 5.74) is 1.65. The second kappa shape index (κ2) is 6.18. The molecule has 106 valence electrons. The third kappa shape index (κ3) is 3.14. The van der Waals surface area contributed by atoms with Crippen LogP contribution in [0.3, 0.4) is 0 Å². The number of imidazole rings is 1. The number of nitro groups is 1. The molecule has 2 rings (SSSR count). The number of hydrogen-bond donors (Lipinski definition) is 1. The second-order valence-electron chi connectivity index (χ2n) is 4.65. The highest BCUT2D eigenvalue weighted by Crippen LogP contribution is 2.21. The molecule has 0 aliphatic heterocycles. The number of hydrogen-bond acceptors (Lipinski definition) is 4. The summed E-state index contributed by atoms with van der Waals surface area (Å²) < 4.78 is 2.10. The number of benzene rings is 1. The molecule has 6 heteroatoms. The van der Waals surface area contributed by atoms with Gasteiger partial charge in [-0.05, 0) is 25.5 Å². The number of anilines is 1. The van der Waals surface area contributed by atoms with Crippen LogP contribution in [-0.2, 0) is 13.1 Å². The second-order valence-corrected chi connectivity index (χ2v) is 4.65. The number of nitro benzene ring substituents is 1. The molecule has 0 aliphatic rings. The van der Waals surface area contributed by atoms with E-state index < -0.39 is 0 Å². The highest BCUT2D eigenvalue weighted by Gasteiger charge is 2.10. The van der Waals surface area contributed by atoms with Crippen LogP contribution < -0.4 is 5.32 Å². The molecule has 0 spiro atoms. The van der Waals surface area contributed by atoms with Gasteiger partial charge in [0, 0.05) is 36.3 Å². The maximum atomic E-state index is 10.8. The minimum atomic E-state index is -0.368. The summed E-state index contributed by atoms with van der Waals surface area (Å²) in [7, 11) is 0. The molecule has 1 N–H and O–H groups in total. The Bertz CT molecular complexity index is 607. The van der Waals surface area contributed by atoms with E-state index in [2.05, 4.69) is 21.8 Å². The van der Waals surface area contributed by atoms with E-state index >= 15 is 0 Å². The Kier molecular flexibility index (Phi) is 4.34. The zero-order chi connectivity index (χ0) is 14.5. The van der Waals surface area contributed by atoms with Crippen molar-refractivity contribution in [1.82, 2.24) is 9.55 Å². The van der Waals surface area contributed by atoms with Crippen molar-refractivity contribution in [2.24, 2.45) is 0 Å². The standard InChI is InChI=1S/C14H18N4O2/c1-3-7-17-8-6-15-14(17)10-16-12-4-5-13(18(19)20)11(2)9-12/h4-6,8-9,16H,3,7,10H2,1-2H3. The molecule has 20 heavy (non-hydrogen) atoms. The van der Waals surface area contributed by atoms with E-state index in [0.29, 0.717) is 12.1 Å². The van der Waals surface area contributed by atoms with Crippen LogP contribution in [0.4, 0.5) is 11.4 Å². The van der Waals surface area contributed by atoms with Gasteiger partial charge in [-0.1, -0.05) is 6.92 Å². The normalized spacial score (nSPS) is 10.5. The Hall–Kier alpha value is -2.37. The lowest BCUT2D eigenvalue weighted by molar-refractivity contribution is -0.385. The lowest BCUT2D eigenvalue weighted by atomic mass is 10.2. The van der Waals surface area contributed by atoms with E-state index in [4.69, 9.17) is 0 Å². The molecule has 6 nitrogen and oxygen atoms in total. The number of nitrogens with zero attached hydrogens (tertiary/aromatic N) is 3. The maximum absolute atomic E-state index is 10.8. The van der Waals surface area contributed by atoms with Crippen molar-refractivity contribution in [3.63, 3.8) is 0 Å².